The first-order valence-corrected chi connectivity index (χ1v) is 6.80. The van der Waals surface area contributed by atoms with Crippen molar-refractivity contribution in [2.75, 3.05) is 7.11 Å². The van der Waals surface area contributed by atoms with Crippen LogP contribution in [-0.2, 0) is 17.6 Å². The molecule has 0 saturated heterocycles. The number of carbonyl (C=O) groups excluding carboxylic acids is 1. The van der Waals surface area contributed by atoms with Crippen LogP contribution in [-0.4, -0.2) is 12.9 Å². The highest BCUT2D eigenvalue weighted by Gasteiger charge is 2.08. The molecule has 0 aromatic heterocycles. The predicted molar refractivity (Wildman–Crippen MR) is 81.3 cm³/mol. The second-order valence-electron chi connectivity index (χ2n) is 5.12. The number of hydrogen-bond acceptors (Lipinski definition) is 2. The van der Waals surface area contributed by atoms with Crippen LogP contribution in [0.15, 0.2) is 42.5 Å². The summed E-state index contributed by atoms with van der Waals surface area (Å²) in [5.74, 6) is 1.07. The summed E-state index contributed by atoms with van der Waals surface area (Å²) >= 11 is 0. The number of Topliss-reactive ketones (excluding diaryl/α,β-unsaturated/α-hetero) is 1. The van der Waals surface area contributed by atoms with Gasteiger partial charge in [0, 0.05) is 12.8 Å². The van der Waals surface area contributed by atoms with E-state index in [1.165, 1.54) is 5.56 Å². The molecule has 0 N–H and O–H groups in total. The summed E-state index contributed by atoms with van der Waals surface area (Å²) in [5, 5.41) is 0. The summed E-state index contributed by atoms with van der Waals surface area (Å²) in [6, 6.07) is 14.0. The number of ether oxygens (including phenoxy) is 1. The minimum Gasteiger partial charge on any atom is -0.496 e. The molecule has 20 heavy (non-hydrogen) atoms. The minimum absolute atomic E-state index is 0.227. The van der Waals surface area contributed by atoms with Crippen molar-refractivity contribution in [1.82, 2.24) is 0 Å². The molecule has 2 aromatic carbocycles. The Balaban J connectivity index is 2.07. The lowest BCUT2D eigenvalue weighted by Crippen LogP contribution is -2.07. The Morgan fingerprint density at radius 2 is 1.75 bits per heavy atom. The van der Waals surface area contributed by atoms with Gasteiger partial charge in [0.25, 0.3) is 0 Å². The van der Waals surface area contributed by atoms with E-state index in [0.29, 0.717) is 12.8 Å². The van der Waals surface area contributed by atoms with Gasteiger partial charge in [0.05, 0.1) is 7.11 Å². The zero-order valence-corrected chi connectivity index (χ0v) is 12.3. The van der Waals surface area contributed by atoms with Crippen molar-refractivity contribution in [2.45, 2.75) is 26.7 Å². The molecule has 2 aromatic rings. The van der Waals surface area contributed by atoms with E-state index in [2.05, 4.69) is 0 Å². The maximum atomic E-state index is 12.2. The average Bonchev–Trinajstić information content (AvgIpc) is 2.43. The molecule has 104 valence electrons. The third kappa shape index (κ3) is 3.47. The first kappa shape index (κ1) is 14.3. The molecule has 0 aliphatic carbocycles. The molecule has 2 heteroatoms. The quantitative estimate of drug-likeness (QED) is 0.827. The van der Waals surface area contributed by atoms with Gasteiger partial charge in [-0.2, -0.15) is 0 Å². The summed E-state index contributed by atoms with van der Waals surface area (Å²) in [6.07, 6.45) is 0.938. The Hall–Kier alpha value is -2.09. The Labute approximate surface area is 120 Å². The summed E-state index contributed by atoms with van der Waals surface area (Å²) < 4.78 is 5.29. The van der Waals surface area contributed by atoms with E-state index >= 15 is 0 Å². The van der Waals surface area contributed by atoms with Crippen molar-refractivity contribution < 1.29 is 9.53 Å². The molecule has 2 nitrogen and oxygen atoms in total. The number of aryl methyl sites for hydroxylation is 2. The van der Waals surface area contributed by atoms with Gasteiger partial charge in [-0.3, -0.25) is 4.79 Å². The molecular weight excluding hydrogens is 248 g/mol. The largest absolute Gasteiger partial charge is 0.496 e. The van der Waals surface area contributed by atoms with E-state index in [9.17, 15) is 4.79 Å². The van der Waals surface area contributed by atoms with E-state index in [1.807, 2.05) is 56.3 Å². The molecule has 0 saturated carbocycles. The summed E-state index contributed by atoms with van der Waals surface area (Å²) in [4.78, 5) is 12.2. The van der Waals surface area contributed by atoms with Crippen LogP contribution in [0.3, 0.4) is 0 Å². The highest BCUT2D eigenvalue weighted by Crippen LogP contribution is 2.20. The van der Waals surface area contributed by atoms with Crippen LogP contribution >= 0.6 is 0 Å². The van der Waals surface area contributed by atoms with E-state index < -0.39 is 0 Å². The number of methoxy groups -OCH3 is 1. The van der Waals surface area contributed by atoms with E-state index in [1.54, 1.807) is 7.11 Å². The van der Waals surface area contributed by atoms with E-state index in [4.69, 9.17) is 4.74 Å². The molecule has 0 amide bonds. The smallest absolute Gasteiger partial charge is 0.141 e. The maximum absolute atomic E-state index is 12.2. The van der Waals surface area contributed by atoms with Gasteiger partial charge >= 0.3 is 0 Å². The van der Waals surface area contributed by atoms with Gasteiger partial charge in [-0.25, -0.2) is 0 Å². The first-order valence-electron chi connectivity index (χ1n) is 6.80. The lowest BCUT2D eigenvalue weighted by atomic mass is 9.99. The monoisotopic (exact) mass is 268 g/mol. The van der Waals surface area contributed by atoms with Crippen LogP contribution in [0.5, 0.6) is 5.75 Å². The third-order valence-electron chi connectivity index (χ3n) is 3.52. The first-order chi connectivity index (χ1) is 9.60. The summed E-state index contributed by atoms with van der Waals surface area (Å²) in [7, 11) is 1.65. The topological polar surface area (TPSA) is 26.3 Å². The van der Waals surface area contributed by atoms with Crippen LogP contribution in [0.1, 0.15) is 22.3 Å². The fourth-order valence-electron chi connectivity index (χ4n) is 2.29. The standard InChI is InChI=1S/C18H20O2/c1-13-6-4-5-7-16(13)12-17(19)10-15-9-8-14(2)18(11-15)20-3/h4-9,11H,10,12H2,1-3H3. The molecular formula is C18H20O2. The van der Waals surface area contributed by atoms with Crippen LogP contribution in [0.4, 0.5) is 0 Å². The lowest BCUT2D eigenvalue weighted by Gasteiger charge is -2.08. The fraction of sp³-hybridized carbons (Fsp3) is 0.278. The normalized spacial score (nSPS) is 10.3. The second-order valence-corrected chi connectivity index (χ2v) is 5.12. The zero-order valence-electron chi connectivity index (χ0n) is 12.3. The van der Waals surface area contributed by atoms with E-state index in [0.717, 1.165) is 22.4 Å². The predicted octanol–water partition coefficient (Wildman–Crippen LogP) is 3.67. The van der Waals surface area contributed by atoms with Gasteiger partial charge in [-0.15, -0.1) is 0 Å². The average molecular weight is 268 g/mol. The number of rotatable bonds is 5. The molecule has 0 unspecified atom stereocenters. The SMILES string of the molecule is COc1cc(CC(=O)Cc2ccccc2C)ccc1C. The summed E-state index contributed by atoms with van der Waals surface area (Å²) in [6.45, 7) is 4.04. The van der Waals surface area contributed by atoms with Crippen LogP contribution < -0.4 is 4.74 Å². The molecule has 2 rings (SSSR count). The van der Waals surface area contributed by atoms with Crippen molar-refractivity contribution in [3.05, 3.63) is 64.7 Å². The number of ketones is 1. The van der Waals surface area contributed by atoms with Crippen molar-refractivity contribution in [1.29, 1.82) is 0 Å². The van der Waals surface area contributed by atoms with Crippen LogP contribution in [0.2, 0.25) is 0 Å². The Bertz CT molecular complexity index is 615. The summed E-state index contributed by atoms with van der Waals surface area (Å²) in [5.41, 5.74) is 4.37. The van der Waals surface area contributed by atoms with Gasteiger partial charge in [0.1, 0.15) is 11.5 Å². The highest BCUT2D eigenvalue weighted by molar-refractivity contribution is 5.83. The Morgan fingerprint density at radius 1 is 1.00 bits per heavy atom. The number of carbonyl (C=O) groups is 1. The van der Waals surface area contributed by atoms with Crippen molar-refractivity contribution in [3.8, 4) is 5.75 Å². The second kappa shape index (κ2) is 6.38. The Kier molecular flexibility index (Phi) is 4.57. The fourth-order valence-corrected chi connectivity index (χ4v) is 2.29. The van der Waals surface area contributed by atoms with Gasteiger partial charge in [0.15, 0.2) is 0 Å². The van der Waals surface area contributed by atoms with Gasteiger partial charge in [0.2, 0.25) is 0 Å². The number of hydrogen-bond donors (Lipinski definition) is 0. The molecule has 0 spiro atoms. The third-order valence-corrected chi connectivity index (χ3v) is 3.52. The molecule has 0 aliphatic rings. The molecule has 0 fully saturated rings. The molecule has 0 bridgehead atoms. The maximum Gasteiger partial charge on any atom is 0.141 e. The number of benzene rings is 2. The van der Waals surface area contributed by atoms with Gasteiger partial charge in [-0.1, -0.05) is 36.4 Å². The Morgan fingerprint density at radius 3 is 2.45 bits per heavy atom. The van der Waals surface area contributed by atoms with Crippen molar-refractivity contribution >= 4 is 5.78 Å². The lowest BCUT2D eigenvalue weighted by molar-refractivity contribution is -0.117. The van der Waals surface area contributed by atoms with Crippen LogP contribution in [0.25, 0.3) is 0 Å². The van der Waals surface area contributed by atoms with Crippen LogP contribution in [0, 0.1) is 13.8 Å². The van der Waals surface area contributed by atoms with E-state index in [-0.39, 0.29) is 5.78 Å². The van der Waals surface area contributed by atoms with Gasteiger partial charge < -0.3 is 4.74 Å². The van der Waals surface area contributed by atoms with Crippen molar-refractivity contribution in [2.24, 2.45) is 0 Å². The molecule has 0 aliphatic heterocycles. The molecule has 0 radical (unpaired) electrons. The zero-order chi connectivity index (χ0) is 14.5. The highest BCUT2D eigenvalue weighted by atomic mass is 16.5. The molecule has 0 heterocycles. The van der Waals surface area contributed by atoms with Gasteiger partial charge in [-0.05, 0) is 42.2 Å². The molecule has 0 atom stereocenters. The minimum atomic E-state index is 0.227. The van der Waals surface area contributed by atoms with Crippen molar-refractivity contribution in [3.63, 3.8) is 0 Å².